The Hall–Kier alpha value is -2.40. The predicted octanol–water partition coefficient (Wildman–Crippen LogP) is 1.24. The van der Waals surface area contributed by atoms with Gasteiger partial charge in [-0.1, -0.05) is 30.3 Å². The highest BCUT2D eigenvalue weighted by Crippen LogP contribution is 1.99. The molecule has 0 fully saturated rings. The lowest BCUT2D eigenvalue weighted by molar-refractivity contribution is 0.0232. The monoisotopic (exact) mass is 244 g/mol. The third kappa shape index (κ3) is 3.05. The van der Waals surface area contributed by atoms with Crippen molar-refractivity contribution in [2.24, 2.45) is 0 Å². The number of nitrogens with one attached hydrogen (secondary N) is 2. The molecule has 18 heavy (non-hydrogen) atoms. The lowest BCUT2D eigenvalue weighted by Gasteiger charge is -2.05. The first-order valence-electron chi connectivity index (χ1n) is 5.40. The number of aromatic nitrogens is 1. The third-order valence-corrected chi connectivity index (χ3v) is 2.32. The Labute approximate surface area is 103 Å². The van der Waals surface area contributed by atoms with Crippen molar-refractivity contribution >= 4 is 5.91 Å². The summed E-state index contributed by atoms with van der Waals surface area (Å²) in [4.78, 5) is 30.7. The van der Waals surface area contributed by atoms with E-state index in [0.717, 1.165) is 5.56 Å². The predicted molar refractivity (Wildman–Crippen MR) is 65.8 cm³/mol. The maximum atomic E-state index is 11.6. The van der Waals surface area contributed by atoms with Crippen molar-refractivity contribution in [2.45, 2.75) is 6.61 Å². The van der Waals surface area contributed by atoms with Gasteiger partial charge in [0.2, 0.25) is 0 Å². The molecule has 1 amide bonds. The van der Waals surface area contributed by atoms with Crippen LogP contribution in [0.15, 0.2) is 53.6 Å². The second-order valence-electron chi connectivity index (χ2n) is 3.63. The summed E-state index contributed by atoms with van der Waals surface area (Å²) in [6.45, 7) is 0.247. The molecule has 0 aliphatic rings. The number of carbonyl (C=O) groups is 1. The number of benzene rings is 1. The molecule has 2 aromatic rings. The van der Waals surface area contributed by atoms with Crippen molar-refractivity contribution in [1.82, 2.24) is 10.5 Å². The molecule has 0 radical (unpaired) electrons. The number of aromatic amines is 1. The van der Waals surface area contributed by atoms with Crippen LogP contribution in [-0.4, -0.2) is 10.9 Å². The van der Waals surface area contributed by atoms with Gasteiger partial charge in [-0.05, 0) is 5.56 Å². The molecule has 0 aliphatic heterocycles. The van der Waals surface area contributed by atoms with Gasteiger partial charge in [0.1, 0.15) is 5.56 Å². The number of hydrogen-bond donors (Lipinski definition) is 2. The molecule has 0 atom stereocenters. The Balaban J connectivity index is 1.90. The average Bonchev–Trinajstić information content (AvgIpc) is 2.40. The summed E-state index contributed by atoms with van der Waals surface area (Å²) in [6, 6.07) is 10.7. The Morgan fingerprint density at radius 2 is 2.00 bits per heavy atom. The van der Waals surface area contributed by atoms with Crippen molar-refractivity contribution < 1.29 is 9.63 Å². The number of pyridine rings is 1. The minimum absolute atomic E-state index is 0.0190. The van der Waals surface area contributed by atoms with E-state index in [4.69, 9.17) is 4.84 Å². The molecule has 0 bridgehead atoms. The molecule has 0 aliphatic carbocycles. The zero-order valence-corrected chi connectivity index (χ0v) is 9.55. The van der Waals surface area contributed by atoms with Gasteiger partial charge < -0.3 is 4.98 Å². The molecule has 5 nitrogen and oxygen atoms in total. The van der Waals surface area contributed by atoms with Crippen molar-refractivity contribution in [3.63, 3.8) is 0 Å². The minimum atomic E-state index is -0.562. The lowest BCUT2D eigenvalue weighted by Crippen LogP contribution is -2.28. The zero-order chi connectivity index (χ0) is 12.8. The molecule has 92 valence electrons. The van der Waals surface area contributed by atoms with Crippen LogP contribution in [0.2, 0.25) is 0 Å². The first-order chi connectivity index (χ1) is 8.77. The van der Waals surface area contributed by atoms with Gasteiger partial charge in [-0.3, -0.25) is 14.4 Å². The molecule has 1 aromatic carbocycles. The van der Waals surface area contributed by atoms with E-state index >= 15 is 0 Å². The second kappa shape index (κ2) is 5.79. The van der Waals surface area contributed by atoms with Crippen LogP contribution in [0.25, 0.3) is 0 Å². The molecular weight excluding hydrogens is 232 g/mol. The van der Waals surface area contributed by atoms with E-state index in [2.05, 4.69) is 10.5 Å². The Bertz CT molecular complexity index is 578. The van der Waals surface area contributed by atoms with E-state index in [1.165, 1.54) is 18.5 Å². The van der Waals surface area contributed by atoms with Crippen LogP contribution in [-0.2, 0) is 11.4 Å². The number of hydrogen-bond acceptors (Lipinski definition) is 3. The van der Waals surface area contributed by atoms with Crippen LogP contribution in [0.5, 0.6) is 0 Å². The minimum Gasteiger partial charge on any atom is -0.367 e. The third-order valence-electron chi connectivity index (χ3n) is 2.32. The molecule has 5 heteroatoms. The normalized spacial score (nSPS) is 10.0. The molecule has 0 spiro atoms. The van der Waals surface area contributed by atoms with E-state index < -0.39 is 5.91 Å². The largest absolute Gasteiger partial charge is 0.367 e. The van der Waals surface area contributed by atoms with Crippen molar-refractivity contribution in [3.8, 4) is 0 Å². The standard InChI is InChI=1S/C13H12N2O3/c16-12-6-7-14-8-11(12)13(17)15-18-9-10-4-2-1-3-5-10/h1-8H,9H2,(H,14,16)(H,15,17). The van der Waals surface area contributed by atoms with E-state index in [1.807, 2.05) is 30.3 Å². The van der Waals surface area contributed by atoms with Gasteiger partial charge in [0.05, 0.1) is 6.61 Å². The van der Waals surface area contributed by atoms with Crippen LogP contribution in [0.1, 0.15) is 15.9 Å². The van der Waals surface area contributed by atoms with Gasteiger partial charge in [-0.25, -0.2) is 5.48 Å². The maximum absolute atomic E-state index is 11.6. The van der Waals surface area contributed by atoms with E-state index in [0.29, 0.717) is 0 Å². The van der Waals surface area contributed by atoms with Crippen LogP contribution >= 0.6 is 0 Å². The van der Waals surface area contributed by atoms with Gasteiger partial charge in [-0.2, -0.15) is 0 Å². The summed E-state index contributed by atoms with van der Waals surface area (Å²) >= 11 is 0. The second-order valence-corrected chi connectivity index (χ2v) is 3.63. The number of hydroxylamine groups is 1. The highest BCUT2D eigenvalue weighted by atomic mass is 16.6. The first-order valence-corrected chi connectivity index (χ1v) is 5.40. The Morgan fingerprint density at radius 1 is 1.22 bits per heavy atom. The Kier molecular flexibility index (Phi) is 3.88. The quantitative estimate of drug-likeness (QED) is 0.795. The van der Waals surface area contributed by atoms with E-state index in [9.17, 15) is 9.59 Å². The number of H-pyrrole nitrogens is 1. The van der Waals surface area contributed by atoms with Gasteiger partial charge in [0, 0.05) is 18.5 Å². The van der Waals surface area contributed by atoms with Crippen LogP contribution in [0, 0.1) is 0 Å². The molecule has 0 unspecified atom stereocenters. The number of amides is 1. The smallest absolute Gasteiger partial charge is 0.280 e. The van der Waals surface area contributed by atoms with Crippen molar-refractivity contribution in [2.75, 3.05) is 0 Å². The van der Waals surface area contributed by atoms with Gasteiger partial charge in [0.15, 0.2) is 5.43 Å². The number of rotatable bonds is 4. The highest BCUT2D eigenvalue weighted by molar-refractivity contribution is 5.92. The molecular formula is C13H12N2O3. The topological polar surface area (TPSA) is 71.2 Å². The van der Waals surface area contributed by atoms with Gasteiger partial charge >= 0.3 is 0 Å². The molecule has 2 N–H and O–H groups in total. The molecule has 1 aromatic heterocycles. The lowest BCUT2D eigenvalue weighted by atomic mass is 10.2. The van der Waals surface area contributed by atoms with Crippen LogP contribution < -0.4 is 10.9 Å². The Morgan fingerprint density at radius 3 is 2.72 bits per heavy atom. The summed E-state index contributed by atoms with van der Waals surface area (Å²) < 4.78 is 0. The maximum Gasteiger partial charge on any atom is 0.280 e. The average molecular weight is 244 g/mol. The van der Waals surface area contributed by atoms with Crippen LogP contribution in [0.4, 0.5) is 0 Å². The molecule has 0 saturated heterocycles. The fraction of sp³-hybridized carbons (Fsp3) is 0.0769. The molecule has 0 saturated carbocycles. The van der Waals surface area contributed by atoms with Crippen LogP contribution in [0.3, 0.4) is 0 Å². The summed E-state index contributed by atoms with van der Waals surface area (Å²) in [6.07, 6.45) is 2.80. The van der Waals surface area contributed by atoms with Gasteiger partial charge in [-0.15, -0.1) is 0 Å². The summed E-state index contributed by atoms with van der Waals surface area (Å²) in [5, 5.41) is 0. The summed E-state index contributed by atoms with van der Waals surface area (Å²) in [5.41, 5.74) is 2.83. The fourth-order valence-electron chi connectivity index (χ4n) is 1.41. The first kappa shape index (κ1) is 12.1. The summed E-state index contributed by atoms with van der Waals surface area (Å²) in [5.74, 6) is -0.562. The van der Waals surface area contributed by atoms with Crippen molar-refractivity contribution in [3.05, 3.63) is 70.1 Å². The van der Waals surface area contributed by atoms with E-state index in [-0.39, 0.29) is 17.6 Å². The zero-order valence-electron chi connectivity index (χ0n) is 9.55. The molecule has 2 rings (SSSR count). The van der Waals surface area contributed by atoms with Crippen molar-refractivity contribution in [1.29, 1.82) is 0 Å². The molecule has 1 heterocycles. The van der Waals surface area contributed by atoms with Gasteiger partial charge in [0.25, 0.3) is 5.91 Å². The summed E-state index contributed by atoms with van der Waals surface area (Å²) in [7, 11) is 0. The SMILES string of the molecule is O=C(NOCc1ccccc1)c1c[nH]ccc1=O. The fourth-order valence-corrected chi connectivity index (χ4v) is 1.41. The highest BCUT2D eigenvalue weighted by Gasteiger charge is 2.08. The number of carbonyl (C=O) groups excluding carboxylic acids is 1. The van der Waals surface area contributed by atoms with E-state index in [1.54, 1.807) is 0 Å².